The highest BCUT2D eigenvalue weighted by Gasteiger charge is 2.28. The van der Waals surface area contributed by atoms with Crippen LogP contribution in [0.3, 0.4) is 0 Å². The highest BCUT2D eigenvalue weighted by atomic mass is 79.9. The van der Waals surface area contributed by atoms with Crippen LogP contribution in [0.2, 0.25) is 0 Å². The third kappa shape index (κ3) is 2.58. The molecule has 4 aromatic rings. The van der Waals surface area contributed by atoms with Crippen molar-refractivity contribution in [2.45, 2.75) is 6.10 Å². The maximum Gasteiger partial charge on any atom is 0.235 e. The summed E-state index contributed by atoms with van der Waals surface area (Å²) < 4.78 is 14.6. The predicted octanol–water partition coefficient (Wildman–Crippen LogP) is 4.13. The number of benzene rings is 2. The van der Waals surface area contributed by atoms with Gasteiger partial charge in [-0.15, -0.1) is 10.2 Å². The second kappa shape index (κ2) is 5.82. The average Bonchev–Trinajstić information content (AvgIpc) is 3.22. The Bertz CT molecular complexity index is 1080. The monoisotopic (exact) mass is 414 g/mol. The molecule has 0 N–H and O–H groups in total. The third-order valence-electron chi connectivity index (χ3n) is 3.88. The van der Waals surface area contributed by atoms with E-state index in [2.05, 4.69) is 31.2 Å². The van der Waals surface area contributed by atoms with Gasteiger partial charge in [-0.05, 0) is 24.3 Å². The number of ether oxygens (including phenoxy) is 2. The van der Waals surface area contributed by atoms with Crippen LogP contribution in [-0.4, -0.2) is 26.4 Å². The first-order valence-electron chi connectivity index (χ1n) is 7.64. The highest BCUT2D eigenvalue weighted by molar-refractivity contribution is 9.10. The number of hydrogen-bond donors (Lipinski definition) is 0. The molecular weight excluding hydrogens is 404 g/mol. The van der Waals surface area contributed by atoms with E-state index >= 15 is 0 Å². The summed E-state index contributed by atoms with van der Waals surface area (Å²) in [6, 6.07) is 15.6. The lowest BCUT2D eigenvalue weighted by atomic mass is 10.2. The Kier molecular flexibility index (Phi) is 3.46. The Labute approximate surface area is 155 Å². The smallest absolute Gasteiger partial charge is 0.235 e. The van der Waals surface area contributed by atoms with Gasteiger partial charge in [-0.2, -0.15) is 9.61 Å². The molecule has 6 nitrogen and oxygen atoms in total. The summed E-state index contributed by atoms with van der Waals surface area (Å²) in [6.45, 7) is 0.377. The van der Waals surface area contributed by atoms with Crippen LogP contribution in [0.25, 0.3) is 15.5 Å². The molecule has 1 aliphatic heterocycles. The van der Waals surface area contributed by atoms with Crippen LogP contribution in [0.5, 0.6) is 11.5 Å². The zero-order valence-corrected chi connectivity index (χ0v) is 15.2. The van der Waals surface area contributed by atoms with E-state index in [-0.39, 0.29) is 6.10 Å². The van der Waals surface area contributed by atoms with Gasteiger partial charge in [0.15, 0.2) is 23.4 Å². The van der Waals surface area contributed by atoms with Gasteiger partial charge in [0, 0.05) is 10.0 Å². The number of rotatable bonds is 2. The van der Waals surface area contributed by atoms with Crippen LogP contribution in [0, 0.1) is 0 Å². The normalized spacial score (nSPS) is 16.3. The summed E-state index contributed by atoms with van der Waals surface area (Å²) >= 11 is 4.98. The molecule has 5 rings (SSSR count). The van der Waals surface area contributed by atoms with Crippen molar-refractivity contribution in [3.05, 3.63) is 58.8 Å². The van der Waals surface area contributed by atoms with Gasteiger partial charge in [-0.1, -0.05) is 51.5 Å². The molecule has 0 unspecified atom stereocenters. The lowest BCUT2D eigenvalue weighted by Gasteiger charge is -2.24. The van der Waals surface area contributed by atoms with Crippen molar-refractivity contribution in [1.29, 1.82) is 0 Å². The van der Waals surface area contributed by atoms with Crippen LogP contribution < -0.4 is 9.47 Å². The fourth-order valence-electron chi connectivity index (χ4n) is 2.72. The third-order valence-corrected chi connectivity index (χ3v) is 5.32. The molecule has 0 amide bonds. The van der Waals surface area contributed by atoms with Crippen LogP contribution in [0.1, 0.15) is 11.9 Å². The zero-order chi connectivity index (χ0) is 16.8. The average molecular weight is 415 g/mol. The Balaban J connectivity index is 1.53. The summed E-state index contributed by atoms with van der Waals surface area (Å²) in [4.78, 5) is 0.729. The second-order valence-corrected chi connectivity index (χ2v) is 7.41. The summed E-state index contributed by atoms with van der Waals surface area (Å²) in [5.41, 5.74) is 1.03. The fourth-order valence-corrected chi connectivity index (χ4v) is 3.96. The van der Waals surface area contributed by atoms with E-state index in [1.54, 1.807) is 4.52 Å². The number of halogens is 1. The van der Waals surface area contributed by atoms with E-state index in [0.29, 0.717) is 18.2 Å². The van der Waals surface area contributed by atoms with Crippen LogP contribution in [0.15, 0.2) is 53.0 Å². The van der Waals surface area contributed by atoms with Gasteiger partial charge in [0.05, 0.1) is 0 Å². The molecule has 0 fully saturated rings. The quantitative estimate of drug-likeness (QED) is 0.493. The van der Waals surface area contributed by atoms with Crippen molar-refractivity contribution in [1.82, 2.24) is 19.8 Å². The predicted molar refractivity (Wildman–Crippen MR) is 97.1 cm³/mol. The SMILES string of the molecule is Brc1cccc(-c2nn3c([C@H]4COc5ccccc5O4)nnc3s2)c1. The molecule has 3 heterocycles. The lowest BCUT2D eigenvalue weighted by molar-refractivity contribution is 0.0836. The Morgan fingerprint density at radius 2 is 1.96 bits per heavy atom. The van der Waals surface area contributed by atoms with Crippen LogP contribution in [0.4, 0.5) is 0 Å². The van der Waals surface area contributed by atoms with Gasteiger partial charge in [0.25, 0.3) is 0 Å². The van der Waals surface area contributed by atoms with Crippen molar-refractivity contribution in [3.63, 3.8) is 0 Å². The number of nitrogens with zero attached hydrogens (tertiary/aromatic N) is 4. The number of hydrogen-bond acceptors (Lipinski definition) is 6. The molecule has 0 saturated carbocycles. The number of fused-ring (bicyclic) bond motifs is 2. The molecule has 2 aromatic heterocycles. The lowest BCUT2D eigenvalue weighted by Crippen LogP contribution is -2.23. The first-order valence-corrected chi connectivity index (χ1v) is 9.25. The molecule has 2 aromatic carbocycles. The van der Waals surface area contributed by atoms with Crippen molar-refractivity contribution >= 4 is 32.2 Å². The van der Waals surface area contributed by atoms with Gasteiger partial charge >= 0.3 is 0 Å². The van der Waals surface area contributed by atoms with E-state index in [1.807, 2.05) is 48.5 Å². The van der Waals surface area contributed by atoms with E-state index in [9.17, 15) is 0 Å². The van der Waals surface area contributed by atoms with Gasteiger partial charge in [0.1, 0.15) is 11.6 Å². The first-order chi connectivity index (χ1) is 12.3. The van der Waals surface area contributed by atoms with Crippen molar-refractivity contribution in [3.8, 4) is 22.1 Å². The topological polar surface area (TPSA) is 61.5 Å². The van der Waals surface area contributed by atoms with Gasteiger partial charge in [-0.25, -0.2) is 0 Å². The molecule has 0 bridgehead atoms. The van der Waals surface area contributed by atoms with Crippen molar-refractivity contribution in [2.75, 3.05) is 6.61 Å². The Hall–Kier alpha value is -2.45. The molecule has 1 aliphatic rings. The van der Waals surface area contributed by atoms with Crippen molar-refractivity contribution in [2.24, 2.45) is 0 Å². The van der Waals surface area contributed by atoms with E-state index in [0.717, 1.165) is 25.8 Å². The summed E-state index contributed by atoms with van der Waals surface area (Å²) in [6.07, 6.45) is -0.345. The molecule has 0 saturated heterocycles. The Morgan fingerprint density at radius 1 is 1.08 bits per heavy atom. The Morgan fingerprint density at radius 3 is 2.84 bits per heavy atom. The van der Waals surface area contributed by atoms with Gasteiger partial charge in [0.2, 0.25) is 4.96 Å². The largest absolute Gasteiger partial charge is 0.485 e. The minimum absolute atomic E-state index is 0.345. The fraction of sp³-hybridized carbons (Fsp3) is 0.118. The molecular formula is C17H11BrN4O2S. The molecule has 124 valence electrons. The van der Waals surface area contributed by atoms with Crippen LogP contribution >= 0.6 is 27.3 Å². The number of aromatic nitrogens is 4. The minimum atomic E-state index is -0.345. The maximum atomic E-state index is 6.03. The number of para-hydroxylation sites is 2. The van der Waals surface area contributed by atoms with E-state index in [1.165, 1.54) is 11.3 Å². The van der Waals surface area contributed by atoms with Gasteiger partial charge in [-0.3, -0.25) is 0 Å². The molecule has 0 radical (unpaired) electrons. The first kappa shape index (κ1) is 14.9. The second-order valence-electron chi connectivity index (χ2n) is 5.53. The van der Waals surface area contributed by atoms with Crippen molar-refractivity contribution < 1.29 is 9.47 Å². The molecule has 8 heteroatoms. The summed E-state index contributed by atoms with van der Waals surface area (Å²) in [5.74, 6) is 2.09. The van der Waals surface area contributed by atoms with Crippen LogP contribution in [-0.2, 0) is 0 Å². The van der Waals surface area contributed by atoms with E-state index < -0.39 is 0 Å². The molecule has 0 aliphatic carbocycles. The van der Waals surface area contributed by atoms with E-state index in [4.69, 9.17) is 9.47 Å². The maximum absolute atomic E-state index is 6.03. The highest BCUT2D eigenvalue weighted by Crippen LogP contribution is 2.36. The molecule has 25 heavy (non-hydrogen) atoms. The standard InChI is InChI=1S/C17H11BrN4O2S/c18-11-5-3-4-10(8-11)16-21-22-15(19-20-17(22)25-16)14-9-23-12-6-1-2-7-13(12)24-14/h1-8,14H,9H2/t14-/m1/s1. The van der Waals surface area contributed by atoms with Gasteiger partial charge < -0.3 is 9.47 Å². The molecule has 1 atom stereocenters. The summed E-state index contributed by atoms with van der Waals surface area (Å²) in [5, 5.41) is 14.0. The minimum Gasteiger partial charge on any atom is -0.485 e. The molecule has 0 spiro atoms. The summed E-state index contributed by atoms with van der Waals surface area (Å²) in [7, 11) is 0. The zero-order valence-electron chi connectivity index (χ0n) is 12.8.